The minimum absolute atomic E-state index is 0.348. The Morgan fingerprint density at radius 2 is 1.50 bits per heavy atom. The molecule has 0 radical (unpaired) electrons. The van der Waals surface area contributed by atoms with Crippen LogP contribution in [0.2, 0.25) is 10.0 Å². The molecule has 0 saturated carbocycles. The predicted octanol–water partition coefficient (Wildman–Crippen LogP) is 5.03. The van der Waals surface area contributed by atoms with Gasteiger partial charge in [0, 0.05) is 15.6 Å². The first-order valence-electron chi connectivity index (χ1n) is 6.62. The number of benzene rings is 1. The third-order valence-corrected chi connectivity index (χ3v) is 4.64. The highest BCUT2D eigenvalue weighted by Gasteiger charge is 2.50. The minimum Gasteiger partial charge on any atom is -0.400 e. The highest BCUT2D eigenvalue weighted by Crippen LogP contribution is 2.38. The third-order valence-electron chi connectivity index (χ3n) is 4.01. The molecule has 2 rings (SSSR count). The van der Waals surface area contributed by atoms with E-state index in [-0.39, 0.29) is 11.2 Å². The first-order valence-corrected chi connectivity index (χ1v) is 7.38. The molecule has 1 saturated heterocycles. The van der Waals surface area contributed by atoms with Gasteiger partial charge in [0.25, 0.3) is 0 Å². The standard InChI is InChI=1S/C15H19BCl2O2/c1-10(13-11(17)7-6-8-12(13)18)9-16-19-14(2,3)15(4,5)20-16/h6-9H,1-5H3/b10-9-. The van der Waals surface area contributed by atoms with E-state index in [0.717, 1.165) is 11.1 Å². The van der Waals surface area contributed by atoms with Gasteiger partial charge in [-0.15, -0.1) is 0 Å². The predicted molar refractivity (Wildman–Crippen MR) is 86.2 cm³/mol. The molecule has 0 aromatic heterocycles. The quantitative estimate of drug-likeness (QED) is 0.713. The summed E-state index contributed by atoms with van der Waals surface area (Å²) < 4.78 is 11.9. The normalized spacial score (nSPS) is 21.4. The van der Waals surface area contributed by atoms with E-state index in [9.17, 15) is 0 Å². The Balaban J connectivity index is 2.29. The number of rotatable bonds is 2. The summed E-state index contributed by atoms with van der Waals surface area (Å²) in [7, 11) is -0.396. The summed E-state index contributed by atoms with van der Waals surface area (Å²) in [5.41, 5.74) is 1.07. The summed E-state index contributed by atoms with van der Waals surface area (Å²) in [6.45, 7) is 10.1. The van der Waals surface area contributed by atoms with Crippen LogP contribution in [-0.4, -0.2) is 18.3 Å². The molecule has 1 fully saturated rings. The van der Waals surface area contributed by atoms with Crippen molar-refractivity contribution in [3.8, 4) is 0 Å². The van der Waals surface area contributed by atoms with Crippen LogP contribution in [0, 0.1) is 0 Å². The van der Waals surface area contributed by atoms with Crippen LogP contribution >= 0.6 is 23.2 Å². The average molecular weight is 313 g/mol. The molecule has 0 amide bonds. The van der Waals surface area contributed by atoms with Crippen molar-refractivity contribution in [1.29, 1.82) is 0 Å². The number of halogens is 2. The van der Waals surface area contributed by atoms with E-state index in [1.165, 1.54) is 0 Å². The van der Waals surface area contributed by atoms with Gasteiger partial charge in [-0.05, 0) is 52.3 Å². The van der Waals surface area contributed by atoms with Gasteiger partial charge in [0.15, 0.2) is 0 Å². The molecular formula is C15H19BCl2O2. The number of hydrogen-bond acceptors (Lipinski definition) is 2. The highest BCUT2D eigenvalue weighted by atomic mass is 35.5. The van der Waals surface area contributed by atoms with Crippen LogP contribution in [0.1, 0.15) is 40.2 Å². The highest BCUT2D eigenvalue weighted by molar-refractivity contribution is 6.53. The fraction of sp³-hybridized carbons (Fsp3) is 0.467. The molecule has 2 nitrogen and oxygen atoms in total. The summed E-state index contributed by atoms with van der Waals surface area (Å²) in [6.07, 6.45) is 0. The summed E-state index contributed by atoms with van der Waals surface area (Å²) in [5.74, 6) is 1.92. The van der Waals surface area contributed by atoms with Crippen molar-refractivity contribution in [2.75, 3.05) is 0 Å². The molecule has 0 bridgehead atoms. The van der Waals surface area contributed by atoms with Gasteiger partial charge >= 0.3 is 7.12 Å². The van der Waals surface area contributed by atoms with Crippen LogP contribution in [0.25, 0.3) is 5.57 Å². The van der Waals surface area contributed by atoms with Crippen LogP contribution in [0.3, 0.4) is 0 Å². The fourth-order valence-electron chi connectivity index (χ4n) is 2.12. The van der Waals surface area contributed by atoms with Crippen LogP contribution in [0.4, 0.5) is 0 Å². The van der Waals surface area contributed by atoms with Crippen molar-refractivity contribution in [2.24, 2.45) is 0 Å². The Morgan fingerprint density at radius 3 is 1.95 bits per heavy atom. The first kappa shape index (κ1) is 15.9. The number of allylic oxidation sites excluding steroid dienone is 1. The zero-order valence-electron chi connectivity index (χ0n) is 12.5. The lowest BCUT2D eigenvalue weighted by Gasteiger charge is -2.32. The van der Waals surface area contributed by atoms with Crippen molar-refractivity contribution in [2.45, 2.75) is 45.8 Å². The Labute approximate surface area is 131 Å². The average Bonchev–Trinajstić information content (AvgIpc) is 2.46. The van der Waals surface area contributed by atoms with Crippen molar-refractivity contribution in [3.63, 3.8) is 0 Å². The minimum atomic E-state index is -0.396. The molecule has 0 N–H and O–H groups in total. The van der Waals surface area contributed by atoms with E-state index in [2.05, 4.69) is 0 Å². The monoisotopic (exact) mass is 312 g/mol. The SMILES string of the molecule is C/C(=C/B1OC(C)(C)C(C)(C)O1)c1c(Cl)cccc1Cl. The lowest BCUT2D eigenvalue weighted by atomic mass is 9.85. The van der Waals surface area contributed by atoms with Gasteiger partial charge in [0.2, 0.25) is 0 Å². The second kappa shape index (κ2) is 5.38. The fourth-order valence-corrected chi connectivity index (χ4v) is 2.81. The Bertz CT molecular complexity index is 517. The first-order chi connectivity index (χ1) is 9.14. The third kappa shape index (κ3) is 2.91. The van der Waals surface area contributed by atoms with Crippen LogP contribution in [-0.2, 0) is 9.31 Å². The number of hydrogen-bond donors (Lipinski definition) is 0. The Morgan fingerprint density at radius 1 is 1.05 bits per heavy atom. The van der Waals surface area contributed by atoms with Crippen molar-refractivity contribution in [1.82, 2.24) is 0 Å². The van der Waals surface area contributed by atoms with Gasteiger partial charge < -0.3 is 9.31 Å². The smallest absolute Gasteiger partial charge is 0.400 e. The second-order valence-electron chi connectivity index (χ2n) is 6.07. The Hall–Kier alpha value is -0.475. The zero-order chi connectivity index (χ0) is 15.1. The van der Waals surface area contributed by atoms with E-state index in [1.807, 2.05) is 58.8 Å². The second-order valence-corrected chi connectivity index (χ2v) is 6.89. The molecule has 1 aromatic carbocycles. The van der Waals surface area contributed by atoms with Gasteiger partial charge in [0.05, 0.1) is 11.2 Å². The van der Waals surface area contributed by atoms with Crippen molar-refractivity contribution < 1.29 is 9.31 Å². The van der Waals surface area contributed by atoms with Gasteiger partial charge in [0.1, 0.15) is 0 Å². The lowest BCUT2D eigenvalue weighted by molar-refractivity contribution is 0.00578. The van der Waals surface area contributed by atoms with Gasteiger partial charge in [-0.1, -0.05) is 35.2 Å². The van der Waals surface area contributed by atoms with E-state index < -0.39 is 7.12 Å². The summed E-state index contributed by atoms with van der Waals surface area (Å²) in [6, 6.07) is 5.48. The molecule has 0 atom stereocenters. The maximum absolute atomic E-state index is 6.21. The van der Waals surface area contributed by atoms with Gasteiger partial charge in [-0.3, -0.25) is 0 Å². The molecule has 1 aliphatic heterocycles. The van der Waals surface area contributed by atoms with Crippen LogP contribution in [0.5, 0.6) is 0 Å². The van der Waals surface area contributed by atoms with Crippen molar-refractivity contribution in [3.05, 3.63) is 39.8 Å². The van der Waals surface area contributed by atoms with Gasteiger partial charge in [-0.2, -0.15) is 0 Å². The lowest BCUT2D eigenvalue weighted by Crippen LogP contribution is -2.41. The molecule has 0 unspecified atom stereocenters. The van der Waals surface area contributed by atoms with E-state index in [0.29, 0.717) is 10.0 Å². The topological polar surface area (TPSA) is 18.5 Å². The summed E-state index contributed by atoms with van der Waals surface area (Å²) in [4.78, 5) is 0. The van der Waals surface area contributed by atoms with E-state index in [4.69, 9.17) is 32.5 Å². The Kier molecular flexibility index (Phi) is 4.28. The molecule has 0 spiro atoms. The molecule has 5 heteroatoms. The van der Waals surface area contributed by atoms with Crippen LogP contribution < -0.4 is 0 Å². The maximum Gasteiger partial charge on any atom is 0.487 e. The van der Waals surface area contributed by atoms with E-state index in [1.54, 1.807) is 0 Å². The largest absolute Gasteiger partial charge is 0.487 e. The zero-order valence-corrected chi connectivity index (χ0v) is 14.0. The van der Waals surface area contributed by atoms with Crippen molar-refractivity contribution >= 4 is 35.9 Å². The molecule has 1 aromatic rings. The van der Waals surface area contributed by atoms with E-state index >= 15 is 0 Å². The molecule has 20 heavy (non-hydrogen) atoms. The maximum atomic E-state index is 6.21. The van der Waals surface area contributed by atoms with Crippen LogP contribution in [0.15, 0.2) is 24.2 Å². The summed E-state index contributed by atoms with van der Waals surface area (Å²) in [5, 5.41) is 1.26. The molecule has 0 aliphatic carbocycles. The molecule has 1 heterocycles. The molecule has 108 valence electrons. The summed E-state index contributed by atoms with van der Waals surface area (Å²) >= 11 is 12.4. The molecule has 1 aliphatic rings. The van der Waals surface area contributed by atoms with Gasteiger partial charge in [-0.25, -0.2) is 0 Å². The molecular weight excluding hydrogens is 294 g/mol.